The third-order valence-corrected chi connectivity index (χ3v) is 0. The summed E-state index contributed by atoms with van der Waals surface area (Å²) in [6.07, 6.45) is 8.17. The van der Waals surface area contributed by atoms with Crippen LogP contribution < -0.4 is 0 Å². The van der Waals surface area contributed by atoms with Crippen LogP contribution in [-0.4, -0.2) is 0 Å². The van der Waals surface area contributed by atoms with Gasteiger partial charge in [-0.05, 0) is 0 Å². The zero-order chi connectivity index (χ0) is 6.00. The zero-order valence-electron chi connectivity index (χ0n) is 3.61. The summed E-state index contributed by atoms with van der Waals surface area (Å²) >= 11 is 13.2. The summed E-state index contributed by atoms with van der Waals surface area (Å²) in [7, 11) is 0. The Labute approximate surface area is 71.0 Å². The normalized spacial score (nSPS) is 2.57. The number of rotatable bonds is 0. The van der Waals surface area contributed by atoms with E-state index in [9.17, 15) is 0 Å². The monoisotopic (exact) mass is 203 g/mol. The van der Waals surface area contributed by atoms with E-state index in [2.05, 4.69) is 54.0 Å². The van der Waals surface area contributed by atoms with Crippen LogP contribution in [0.25, 0.3) is 0 Å². The molecule has 0 heterocycles. The van der Waals surface area contributed by atoms with E-state index in [0.717, 1.165) is 0 Å². The van der Waals surface area contributed by atoms with Crippen molar-refractivity contribution >= 4 is 34.8 Å². The number of halogens is 3. The molecule has 0 aromatic rings. The molecule has 4 heteroatoms. The largest absolute Gasteiger partial charge is 3.00 e. The van der Waals surface area contributed by atoms with Crippen molar-refractivity contribution in [3.05, 3.63) is 19.1 Å². The van der Waals surface area contributed by atoms with Crippen LogP contribution in [0.15, 0.2) is 0 Å². The Morgan fingerprint density at radius 3 is 0.571 bits per heavy atom. The molecule has 0 rings (SSSR count). The summed E-state index contributed by atoms with van der Waals surface area (Å²) in [5.74, 6) is 0. The van der Waals surface area contributed by atoms with Gasteiger partial charge >= 0.3 is 17.1 Å². The Kier molecular flexibility index (Phi) is 531. The van der Waals surface area contributed by atoms with Crippen LogP contribution in [0, 0.1) is 19.1 Å². The molecule has 0 aromatic heterocycles. The molecule has 0 saturated carbocycles. The summed E-state index contributed by atoms with van der Waals surface area (Å²) in [6.45, 7) is 0. The van der Waals surface area contributed by atoms with Crippen molar-refractivity contribution in [3.63, 3.8) is 0 Å². The Morgan fingerprint density at radius 1 is 0.571 bits per heavy atom. The molecule has 0 aliphatic heterocycles. The van der Waals surface area contributed by atoms with Gasteiger partial charge in [0.05, 0.1) is 0 Å². The van der Waals surface area contributed by atoms with E-state index in [0.29, 0.717) is 0 Å². The minimum absolute atomic E-state index is 0. The average Bonchev–Trinajstić information content (AvgIpc) is 1.81. The molecule has 1 radical (unpaired) electrons. The Hall–Kier alpha value is 1.39. The first kappa shape index (κ1) is 23.8. The molecule has 7 heavy (non-hydrogen) atoms. The van der Waals surface area contributed by atoms with Gasteiger partial charge < -0.3 is 34.8 Å². The Morgan fingerprint density at radius 2 is 0.571 bits per heavy atom. The molecule has 0 spiro atoms. The van der Waals surface area contributed by atoms with Crippen LogP contribution in [0.1, 0.15) is 0 Å². The molecule has 0 amide bonds. The fourth-order valence-corrected chi connectivity index (χ4v) is 0. The van der Waals surface area contributed by atoms with Gasteiger partial charge in [0.1, 0.15) is 0 Å². The predicted octanol–water partition coefficient (Wildman–Crippen LogP) is 3.05. The first-order valence-corrected chi connectivity index (χ1v) is 2.41. The van der Waals surface area contributed by atoms with E-state index in [-0.39, 0.29) is 17.1 Å². The molecule has 0 aliphatic carbocycles. The number of hydrogen-bond acceptors (Lipinski definition) is 0. The first-order chi connectivity index (χ1) is 3.00. The van der Waals surface area contributed by atoms with Crippen LogP contribution in [0.5, 0.6) is 0 Å². The maximum absolute atomic E-state index is 4.39. The van der Waals surface area contributed by atoms with Crippen molar-refractivity contribution in [2.45, 2.75) is 0 Å². The van der Waals surface area contributed by atoms with E-state index in [1.165, 1.54) is 0 Å². The van der Waals surface area contributed by atoms with Crippen LogP contribution in [0.4, 0.5) is 0 Å². The molecule has 0 aromatic carbocycles. The molecule has 0 bridgehead atoms. The van der Waals surface area contributed by atoms with Gasteiger partial charge in [0, 0.05) is 0 Å². The second-order valence-corrected chi connectivity index (χ2v) is 0. The van der Waals surface area contributed by atoms with E-state index in [1.807, 2.05) is 0 Å². The molecule has 0 saturated heterocycles. The van der Waals surface area contributed by atoms with Crippen molar-refractivity contribution in [3.8, 4) is 0 Å². The topological polar surface area (TPSA) is 0 Å². The quantitative estimate of drug-likeness (QED) is 0.420. The van der Waals surface area contributed by atoms with E-state index < -0.39 is 0 Å². The van der Waals surface area contributed by atoms with Gasteiger partial charge in [-0.2, -0.15) is 0 Å². The summed E-state index contributed by atoms with van der Waals surface area (Å²) < 4.78 is 0. The van der Waals surface area contributed by atoms with E-state index in [1.54, 1.807) is 0 Å². The summed E-state index contributed by atoms with van der Waals surface area (Å²) in [5.41, 5.74) is 0. The minimum atomic E-state index is 0. The molecular weight excluding hydrogens is 198 g/mol. The number of hydrogen-bond donors (Lipinski definition) is 0. The van der Waals surface area contributed by atoms with Crippen molar-refractivity contribution in [2.75, 3.05) is 0 Å². The molecule has 0 aliphatic rings. The van der Waals surface area contributed by atoms with Crippen LogP contribution in [-0.2, 0) is 17.1 Å². The summed E-state index contributed by atoms with van der Waals surface area (Å²) in [5, 5.41) is 0. The standard InChI is InChI=1S/3CH2Cl.Fe/c3*1-2;/h3*1H2;/q3*-1;+3. The van der Waals surface area contributed by atoms with Crippen LogP contribution >= 0.6 is 34.8 Å². The Balaban J connectivity index is -0.00000000900. The van der Waals surface area contributed by atoms with Gasteiger partial charge in [-0.25, -0.2) is 0 Å². The van der Waals surface area contributed by atoms with Gasteiger partial charge in [0.2, 0.25) is 0 Å². The second-order valence-electron chi connectivity index (χ2n) is 0. The molecular formula is C3H6Cl3Fe. The Bertz CT molecular complexity index is 10.1. The maximum atomic E-state index is 4.39. The van der Waals surface area contributed by atoms with Crippen LogP contribution in [0.3, 0.4) is 0 Å². The molecule has 0 atom stereocenters. The van der Waals surface area contributed by atoms with Gasteiger partial charge in [0.15, 0.2) is 0 Å². The van der Waals surface area contributed by atoms with Crippen molar-refractivity contribution < 1.29 is 17.1 Å². The van der Waals surface area contributed by atoms with Crippen molar-refractivity contribution in [1.82, 2.24) is 0 Å². The SMILES string of the molecule is [CH2-]Cl.[CH2-]Cl.[CH2-]Cl.[Fe+3]. The third kappa shape index (κ3) is 111. The minimum Gasteiger partial charge on any atom is -0.352 e. The van der Waals surface area contributed by atoms with Gasteiger partial charge in [0.25, 0.3) is 0 Å². The zero-order valence-corrected chi connectivity index (χ0v) is 6.98. The third-order valence-electron chi connectivity index (χ3n) is 0. The smallest absolute Gasteiger partial charge is 0.352 e. The first-order valence-electron chi connectivity index (χ1n) is 0.802. The summed E-state index contributed by atoms with van der Waals surface area (Å²) in [4.78, 5) is 0. The van der Waals surface area contributed by atoms with E-state index in [4.69, 9.17) is 0 Å². The van der Waals surface area contributed by atoms with Gasteiger partial charge in [-0.1, -0.05) is 0 Å². The fourth-order valence-electron chi connectivity index (χ4n) is 0. The van der Waals surface area contributed by atoms with Gasteiger partial charge in [-0.15, -0.1) is 0 Å². The average molecular weight is 204 g/mol. The molecule has 0 fully saturated rings. The summed E-state index contributed by atoms with van der Waals surface area (Å²) in [6, 6.07) is 0. The second kappa shape index (κ2) is 156. The molecule has 0 nitrogen and oxygen atoms in total. The van der Waals surface area contributed by atoms with E-state index >= 15 is 0 Å². The van der Waals surface area contributed by atoms with Crippen molar-refractivity contribution in [2.24, 2.45) is 0 Å². The molecule has 0 N–H and O–H groups in total. The molecule has 0 unspecified atom stereocenters. The van der Waals surface area contributed by atoms with Gasteiger partial charge in [-0.3, -0.25) is 19.1 Å². The van der Waals surface area contributed by atoms with Crippen LogP contribution in [0.2, 0.25) is 0 Å². The fraction of sp³-hybridized carbons (Fsp3) is 0. The molecule has 47 valence electrons. The van der Waals surface area contributed by atoms with Crippen molar-refractivity contribution in [1.29, 1.82) is 0 Å². The predicted molar refractivity (Wildman–Crippen MR) is 33.6 cm³/mol. The maximum Gasteiger partial charge on any atom is 3.00 e.